The van der Waals surface area contributed by atoms with Crippen LogP contribution < -0.4 is 16.0 Å². The molecule has 0 aromatic carbocycles. The van der Waals surface area contributed by atoms with E-state index >= 15 is 0 Å². The van der Waals surface area contributed by atoms with Gasteiger partial charge in [0.15, 0.2) is 5.76 Å². The standard InChI is InChI=1S/C11H17N3O4/c1-17-8-6-14-11(16)13-5-4-12-10(15)9-3-2-7-18-9/h2-3,7H,4-6,8H2,1H3,(H,12,15)(H2,13,14,16). The Bertz CT molecular complexity index is 364. The first-order valence-electron chi connectivity index (χ1n) is 5.56. The van der Waals surface area contributed by atoms with Gasteiger partial charge in [0.2, 0.25) is 0 Å². The summed E-state index contributed by atoms with van der Waals surface area (Å²) in [7, 11) is 1.56. The lowest BCUT2D eigenvalue weighted by atomic mass is 10.4. The zero-order chi connectivity index (χ0) is 13.2. The maximum Gasteiger partial charge on any atom is 0.314 e. The van der Waals surface area contributed by atoms with Crippen molar-refractivity contribution in [3.05, 3.63) is 24.2 Å². The summed E-state index contributed by atoms with van der Waals surface area (Å²) in [6.07, 6.45) is 1.43. The summed E-state index contributed by atoms with van der Waals surface area (Å²) in [5, 5.41) is 7.79. The Morgan fingerprint density at radius 3 is 2.61 bits per heavy atom. The van der Waals surface area contributed by atoms with Crippen molar-refractivity contribution >= 4 is 11.9 Å². The quantitative estimate of drug-likeness (QED) is 0.596. The summed E-state index contributed by atoms with van der Waals surface area (Å²) in [4.78, 5) is 22.6. The molecule has 0 aliphatic carbocycles. The van der Waals surface area contributed by atoms with Gasteiger partial charge >= 0.3 is 6.03 Å². The number of methoxy groups -OCH3 is 1. The van der Waals surface area contributed by atoms with Crippen molar-refractivity contribution in [2.24, 2.45) is 0 Å². The fourth-order valence-corrected chi connectivity index (χ4v) is 1.18. The van der Waals surface area contributed by atoms with E-state index < -0.39 is 0 Å². The number of carbonyl (C=O) groups excluding carboxylic acids is 2. The SMILES string of the molecule is COCCNC(=O)NCCNC(=O)c1ccco1. The molecule has 0 bridgehead atoms. The molecular weight excluding hydrogens is 238 g/mol. The summed E-state index contributed by atoms with van der Waals surface area (Å²) in [5.74, 6) is -0.0545. The van der Waals surface area contributed by atoms with Crippen LogP contribution in [-0.4, -0.2) is 45.3 Å². The minimum atomic E-state index is -0.304. The number of rotatable bonds is 7. The maximum absolute atomic E-state index is 11.4. The van der Waals surface area contributed by atoms with Crippen LogP contribution in [-0.2, 0) is 4.74 Å². The van der Waals surface area contributed by atoms with Crippen LogP contribution in [0.4, 0.5) is 4.79 Å². The van der Waals surface area contributed by atoms with E-state index in [9.17, 15) is 9.59 Å². The highest BCUT2D eigenvalue weighted by Gasteiger charge is 2.06. The fourth-order valence-electron chi connectivity index (χ4n) is 1.18. The monoisotopic (exact) mass is 255 g/mol. The van der Waals surface area contributed by atoms with E-state index in [4.69, 9.17) is 9.15 Å². The van der Waals surface area contributed by atoms with Gasteiger partial charge in [-0.3, -0.25) is 4.79 Å². The van der Waals surface area contributed by atoms with Gasteiger partial charge in [-0.05, 0) is 12.1 Å². The van der Waals surface area contributed by atoms with Crippen LogP contribution in [0.5, 0.6) is 0 Å². The second-order valence-corrected chi connectivity index (χ2v) is 3.41. The third-order valence-corrected chi connectivity index (χ3v) is 2.03. The van der Waals surface area contributed by atoms with Crippen LogP contribution in [0, 0.1) is 0 Å². The number of hydrogen-bond donors (Lipinski definition) is 3. The minimum Gasteiger partial charge on any atom is -0.459 e. The van der Waals surface area contributed by atoms with Gasteiger partial charge < -0.3 is 25.1 Å². The largest absolute Gasteiger partial charge is 0.459 e. The van der Waals surface area contributed by atoms with E-state index in [1.54, 1.807) is 19.2 Å². The molecule has 7 heteroatoms. The van der Waals surface area contributed by atoms with Crippen LogP contribution in [0.2, 0.25) is 0 Å². The Balaban J connectivity index is 2.04. The predicted molar refractivity (Wildman–Crippen MR) is 64.3 cm³/mol. The third-order valence-electron chi connectivity index (χ3n) is 2.03. The lowest BCUT2D eigenvalue weighted by Gasteiger charge is -2.07. The van der Waals surface area contributed by atoms with Gasteiger partial charge in [0.25, 0.3) is 5.91 Å². The van der Waals surface area contributed by atoms with E-state index in [0.29, 0.717) is 26.2 Å². The highest BCUT2D eigenvalue weighted by Crippen LogP contribution is 1.98. The van der Waals surface area contributed by atoms with Crippen LogP contribution in [0.15, 0.2) is 22.8 Å². The second kappa shape index (κ2) is 8.13. The van der Waals surface area contributed by atoms with Crippen LogP contribution >= 0.6 is 0 Å². The van der Waals surface area contributed by atoms with Gasteiger partial charge in [-0.15, -0.1) is 0 Å². The van der Waals surface area contributed by atoms with Crippen molar-refractivity contribution < 1.29 is 18.7 Å². The average Bonchev–Trinajstić information content (AvgIpc) is 2.88. The van der Waals surface area contributed by atoms with Crippen LogP contribution in [0.25, 0.3) is 0 Å². The summed E-state index contributed by atoms with van der Waals surface area (Å²) in [6.45, 7) is 1.58. The Morgan fingerprint density at radius 1 is 1.22 bits per heavy atom. The first kappa shape index (κ1) is 14.0. The second-order valence-electron chi connectivity index (χ2n) is 3.41. The highest BCUT2D eigenvalue weighted by molar-refractivity contribution is 5.91. The number of ether oxygens (including phenoxy) is 1. The molecule has 1 aromatic rings. The van der Waals surface area contributed by atoms with Gasteiger partial charge in [0.1, 0.15) is 0 Å². The van der Waals surface area contributed by atoms with Crippen molar-refractivity contribution in [2.45, 2.75) is 0 Å². The summed E-state index contributed by atoms with van der Waals surface area (Å²) in [6, 6.07) is 2.91. The number of furan rings is 1. The molecule has 3 N–H and O–H groups in total. The number of amides is 3. The van der Waals surface area contributed by atoms with Crippen LogP contribution in [0.1, 0.15) is 10.6 Å². The van der Waals surface area contributed by atoms with E-state index in [-0.39, 0.29) is 17.7 Å². The Hall–Kier alpha value is -2.02. The molecule has 0 saturated carbocycles. The van der Waals surface area contributed by atoms with Gasteiger partial charge in [0, 0.05) is 26.7 Å². The molecule has 0 aliphatic rings. The topological polar surface area (TPSA) is 92.6 Å². The molecule has 1 aromatic heterocycles. The molecule has 0 atom stereocenters. The van der Waals surface area contributed by atoms with Crippen LogP contribution in [0.3, 0.4) is 0 Å². The van der Waals surface area contributed by atoms with E-state index in [0.717, 1.165) is 0 Å². The van der Waals surface area contributed by atoms with Crippen molar-refractivity contribution in [1.29, 1.82) is 0 Å². The summed E-state index contributed by atoms with van der Waals surface area (Å²) in [5.41, 5.74) is 0. The molecule has 18 heavy (non-hydrogen) atoms. The first-order chi connectivity index (χ1) is 8.74. The van der Waals surface area contributed by atoms with Crippen molar-refractivity contribution in [1.82, 2.24) is 16.0 Å². The molecule has 7 nitrogen and oxygen atoms in total. The maximum atomic E-state index is 11.4. The summed E-state index contributed by atoms with van der Waals surface area (Å²) < 4.78 is 9.69. The Kier molecular flexibility index (Phi) is 6.34. The minimum absolute atomic E-state index is 0.250. The van der Waals surface area contributed by atoms with Gasteiger partial charge in [-0.25, -0.2) is 4.79 Å². The lowest BCUT2D eigenvalue weighted by molar-refractivity contribution is 0.0926. The molecule has 1 rings (SSSR count). The highest BCUT2D eigenvalue weighted by atomic mass is 16.5. The lowest BCUT2D eigenvalue weighted by Crippen LogP contribution is -2.41. The molecule has 3 amide bonds. The normalized spacial score (nSPS) is 9.83. The average molecular weight is 255 g/mol. The van der Waals surface area contributed by atoms with Gasteiger partial charge in [-0.1, -0.05) is 0 Å². The molecular formula is C11H17N3O4. The zero-order valence-corrected chi connectivity index (χ0v) is 10.2. The molecule has 0 saturated heterocycles. The van der Waals surface area contributed by atoms with Crippen molar-refractivity contribution in [2.75, 3.05) is 33.4 Å². The fraction of sp³-hybridized carbons (Fsp3) is 0.455. The Morgan fingerprint density at radius 2 is 1.94 bits per heavy atom. The smallest absolute Gasteiger partial charge is 0.314 e. The summed E-state index contributed by atoms with van der Waals surface area (Å²) >= 11 is 0. The van der Waals surface area contributed by atoms with E-state index in [1.807, 2.05) is 0 Å². The number of nitrogens with one attached hydrogen (secondary N) is 3. The first-order valence-corrected chi connectivity index (χ1v) is 5.56. The predicted octanol–water partition coefficient (Wildman–Crippen LogP) is -0.0450. The number of urea groups is 1. The van der Waals surface area contributed by atoms with Crippen molar-refractivity contribution in [3.63, 3.8) is 0 Å². The molecule has 0 fully saturated rings. The van der Waals surface area contributed by atoms with Gasteiger partial charge in [-0.2, -0.15) is 0 Å². The van der Waals surface area contributed by atoms with E-state index in [1.165, 1.54) is 6.26 Å². The zero-order valence-electron chi connectivity index (χ0n) is 10.2. The van der Waals surface area contributed by atoms with Gasteiger partial charge in [0.05, 0.1) is 12.9 Å². The molecule has 1 heterocycles. The Labute approximate surface area is 105 Å². The molecule has 0 spiro atoms. The molecule has 100 valence electrons. The van der Waals surface area contributed by atoms with Crippen molar-refractivity contribution in [3.8, 4) is 0 Å². The molecule has 0 radical (unpaired) electrons. The van der Waals surface area contributed by atoms with E-state index in [2.05, 4.69) is 16.0 Å². The molecule has 0 aliphatic heterocycles. The number of hydrogen-bond acceptors (Lipinski definition) is 4. The third kappa shape index (κ3) is 5.35. The number of carbonyl (C=O) groups is 2. The molecule has 0 unspecified atom stereocenters.